The van der Waals surface area contributed by atoms with E-state index in [1.165, 1.54) is 7.11 Å². The van der Waals surface area contributed by atoms with E-state index in [2.05, 4.69) is 6.19 Å². The number of carbonyl (C=O) groups excluding carboxylic acids is 1. The maximum absolute atomic E-state index is 11.8. The highest BCUT2D eigenvalue weighted by Crippen LogP contribution is 2.33. The number of esters is 1. The van der Waals surface area contributed by atoms with Crippen LogP contribution in [0, 0.1) is 11.5 Å². The molecule has 4 heteroatoms. The fourth-order valence-corrected chi connectivity index (χ4v) is 2.69. The van der Waals surface area contributed by atoms with Crippen LogP contribution in [0.2, 0.25) is 0 Å². The molecule has 4 nitrogen and oxygen atoms in total. The molecule has 0 spiro atoms. The Morgan fingerprint density at radius 3 is 2.67 bits per heavy atom. The van der Waals surface area contributed by atoms with Gasteiger partial charge in [0.25, 0.3) is 0 Å². The molecule has 0 aliphatic carbocycles. The monoisotopic (exact) mass is 278 g/mol. The van der Waals surface area contributed by atoms with Gasteiger partial charge in [-0.2, -0.15) is 5.26 Å². The topological polar surface area (TPSA) is 53.3 Å². The second-order valence-corrected chi connectivity index (χ2v) is 4.98. The van der Waals surface area contributed by atoms with E-state index < -0.39 is 0 Å². The minimum atomic E-state index is -0.356. The number of nitriles is 1. The highest BCUT2D eigenvalue weighted by Gasteiger charge is 2.24. The van der Waals surface area contributed by atoms with Gasteiger partial charge in [0, 0.05) is 0 Å². The maximum atomic E-state index is 11.8. The van der Waals surface area contributed by atoms with Crippen molar-refractivity contribution >= 4 is 5.97 Å². The molecule has 0 unspecified atom stereocenters. The average molecular weight is 278 g/mol. The molecule has 1 aliphatic heterocycles. The molecule has 0 bridgehead atoms. The van der Waals surface area contributed by atoms with Crippen molar-refractivity contribution in [2.24, 2.45) is 0 Å². The molecule has 1 heterocycles. The first kappa shape index (κ1) is 13.2. The van der Waals surface area contributed by atoms with Crippen LogP contribution >= 0.6 is 0 Å². The molecule has 0 amide bonds. The zero-order valence-electron chi connectivity index (χ0n) is 11.7. The lowest BCUT2D eigenvalue weighted by Gasteiger charge is -2.10. The third-order valence-electron chi connectivity index (χ3n) is 3.70. The number of methoxy groups -OCH3 is 1. The van der Waals surface area contributed by atoms with Crippen molar-refractivity contribution in [1.82, 2.24) is 4.90 Å². The van der Waals surface area contributed by atoms with Gasteiger partial charge in [0.2, 0.25) is 0 Å². The Labute approximate surface area is 123 Å². The number of rotatable bonds is 2. The van der Waals surface area contributed by atoms with E-state index in [4.69, 9.17) is 10.00 Å². The first-order valence-electron chi connectivity index (χ1n) is 6.67. The maximum Gasteiger partial charge on any atom is 0.337 e. The van der Waals surface area contributed by atoms with Crippen LogP contribution in [0.15, 0.2) is 42.5 Å². The summed E-state index contributed by atoms with van der Waals surface area (Å²) in [5.41, 5.74) is 4.68. The normalized spacial score (nSPS) is 12.7. The zero-order chi connectivity index (χ0) is 14.8. The number of hydrogen-bond acceptors (Lipinski definition) is 4. The SMILES string of the molecule is COC(=O)c1cc2c(c(-c3ccccc3)c1)CN(C#N)C2. The summed E-state index contributed by atoms with van der Waals surface area (Å²) in [5.74, 6) is -0.356. The van der Waals surface area contributed by atoms with Crippen LogP contribution in [-0.2, 0) is 17.8 Å². The minimum Gasteiger partial charge on any atom is -0.465 e. The van der Waals surface area contributed by atoms with Gasteiger partial charge in [-0.25, -0.2) is 4.79 Å². The second kappa shape index (κ2) is 5.29. The van der Waals surface area contributed by atoms with E-state index >= 15 is 0 Å². The number of fused-ring (bicyclic) bond motifs is 1. The van der Waals surface area contributed by atoms with Crippen molar-refractivity contribution in [3.63, 3.8) is 0 Å². The van der Waals surface area contributed by atoms with E-state index in [0.717, 1.165) is 22.3 Å². The molecular formula is C17H14N2O2. The first-order chi connectivity index (χ1) is 10.2. The summed E-state index contributed by atoms with van der Waals surface area (Å²) in [5, 5.41) is 9.11. The summed E-state index contributed by atoms with van der Waals surface area (Å²) < 4.78 is 4.82. The quantitative estimate of drug-likeness (QED) is 0.626. The van der Waals surface area contributed by atoms with Gasteiger partial charge in [-0.1, -0.05) is 30.3 Å². The molecule has 0 N–H and O–H groups in total. The van der Waals surface area contributed by atoms with Crippen molar-refractivity contribution in [3.8, 4) is 17.3 Å². The highest BCUT2D eigenvalue weighted by atomic mass is 16.5. The molecule has 3 rings (SSSR count). The second-order valence-electron chi connectivity index (χ2n) is 4.98. The van der Waals surface area contributed by atoms with E-state index in [0.29, 0.717) is 18.7 Å². The number of ether oxygens (including phenoxy) is 1. The van der Waals surface area contributed by atoms with Gasteiger partial charge in [0.05, 0.1) is 25.8 Å². The van der Waals surface area contributed by atoms with E-state index in [-0.39, 0.29) is 5.97 Å². The summed E-state index contributed by atoms with van der Waals surface area (Å²) in [6.07, 6.45) is 2.17. The van der Waals surface area contributed by atoms with Gasteiger partial charge in [0.15, 0.2) is 6.19 Å². The lowest BCUT2D eigenvalue weighted by atomic mass is 9.94. The molecule has 0 radical (unpaired) electrons. The van der Waals surface area contributed by atoms with E-state index in [9.17, 15) is 4.79 Å². The number of nitrogens with zero attached hydrogens (tertiary/aromatic N) is 2. The Kier molecular flexibility index (Phi) is 3.33. The van der Waals surface area contributed by atoms with Crippen LogP contribution in [0.25, 0.3) is 11.1 Å². The Morgan fingerprint density at radius 1 is 1.24 bits per heavy atom. The van der Waals surface area contributed by atoms with Crippen LogP contribution in [-0.4, -0.2) is 18.0 Å². The lowest BCUT2D eigenvalue weighted by Crippen LogP contribution is -2.07. The van der Waals surface area contributed by atoms with Crippen LogP contribution in [0.4, 0.5) is 0 Å². The van der Waals surface area contributed by atoms with Gasteiger partial charge < -0.3 is 9.64 Å². The average Bonchev–Trinajstić information content (AvgIpc) is 2.97. The Bertz CT molecular complexity index is 732. The largest absolute Gasteiger partial charge is 0.465 e. The van der Waals surface area contributed by atoms with Crippen molar-refractivity contribution in [2.75, 3.05) is 7.11 Å². The van der Waals surface area contributed by atoms with E-state index in [1.54, 1.807) is 4.90 Å². The molecule has 2 aromatic carbocycles. The molecular weight excluding hydrogens is 264 g/mol. The van der Waals surface area contributed by atoms with Crippen LogP contribution in [0.1, 0.15) is 21.5 Å². The molecule has 1 aliphatic rings. The number of hydrogen-bond donors (Lipinski definition) is 0. The molecule has 104 valence electrons. The fourth-order valence-electron chi connectivity index (χ4n) is 2.69. The van der Waals surface area contributed by atoms with Crippen molar-refractivity contribution < 1.29 is 9.53 Å². The van der Waals surface area contributed by atoms with Crippen molar-refractivity contribution in [3.05, 3.63) is 59.2 Å². The molecule has 0 saturated heterocycles. The summed E-state index contributed by atoms with van der Waals surface area (Å²) in [6, 6.07) is 13.6. The molecule has 0 atom stereocenters. The van der Waals surface area contributed by atoms with Crippen molar-refractivity contribution in [2.45, 2.75) is 13.1 Å². The van der Waals surface area contributed by atoms with Crippen LogP contribution in [0.5, 0.6) is 0 Å². The van der Waals surface area contributed by atoms with Gasteiger partial charge in [-0.15, -0.1) is 0 Å². The predicted octanol–water partition coefficient (Wildman–Crippen LogP) is 2.94. The smallest absolute Gasteiger partial charge is 0.337 e. The Hall–Kier alpha value is -2.80. The van der Waals surface area contributed by atoms with Crippen LogP contribution < -0.4 is 0 Å². The third kappa shape index (κ3) is 2.34. The summed E-state index contributed by atoms with van der Waals surface area (Å²) >= 11 is 0. The minimum absolute atomic E-state index is 0.356. The standard InChI is InChI=1S/C17H14N2O2/c1-21-17(20)13-7-14-9-19(11-18)10-16(14)15(8-13)12-5-3-2-4-6-12/h2-8H,9-10H2,1H3. The van der Waals surface area contributed by atoms with E-state index in [1.807, 2.05) is 42.5 Å². The van der Waals surface area contributed by atoms with Crippen molar-refractivity contribution in [1.29, 1.82) is 5.26 Å². The fraction of sp³-hybridized carbons (Fsp3) is 0.176. The zero-order valence-corrected chi connectivity index (χ0v) is 11.7. The molecule has 0 fully saturated rings. The number of benzene rings is 2. The van der Waals surface area contributed by atoms with Gasteiger partial charge in [-0.05, 0) is 34.4 Å². The number of carbonyl (C=O) groups is 1. The van der Waals surface area contributed by atoms with Gasteiger partial charge >= 0.3 is 5.97 Å². The molecule has 0 saturated carbocycles. The third-order valence-corrected chi connectivity index (χ3v) is 3.70. The van der Waals surface area contributed by atoms with Gasteiger partial charge in [0.1, 0.15) is 0 Å². The summed E-state index contributed by atoms with van der Waals surface area (Å²) in [6.45, 7) is 1.12. The first-order valence-corrected chi connectivity index (χ1v) is 6.67. The Morgan fingerprint density at radius 2 is 2.00 bits per heavy atom. The van der Waals surface area contributed by atoms with Crippen LogP contribution in [0.3, 0.4) is 0 Å². The summed E-state index contributed by atoms with van der Waals surface area (Å²) in [7, 11) is 1.37. The molecule has 2 aromatic rings. The predicted molar refractivity (Wildman–Crippen MR) is 78.1 cm³/mol. The highest BCUT2D eigenvalue weighted by molar-refractivity contribution is 5.92. The molecule has 0 aromatic heterocycles. The Balaban J connectivity index is 2.17. The van der Waals surface area contributed by atoms with Gasteiger partial charge in [-0.3, -0.25) is 0 Å². The lowest BCUT2D eigenvalue weighted by molar-refractivity contribution is 0.0600. The molecule has 21 heavy (non-hydrogen) atoms. The summed E-state index contributed by atoms with van der Waals surface area (Å²) in [4.78, 5) is 13.5.